The van der Waals surface area contributed by atoms with Crippen molar-refractivity contribution in [3.8, 4) is 45.3 Å². The van der Waals surface area contributed by atoms with Gasteiger partial charge in [0, 0.05) is 32.8 Å². The molecule has 10 rings (SSSR count). The molecule has 0 N–H and O–H groups in total. The van der Waals surface area contributed by atoms with Gasteiger partial charge in [0.1, 0.15) is 11.2 Å². The van der Waals surface area contributed by atoms with Gasteiger partial charge in [-0.05, 0) is 62.3 Å². The Morgan fingerprint density at radius 1 is 0.347 bits per heavy atom. The summed E-state index contributed by atoms with van der Waals surface area (Å²) in [6.45, 7) is 0. The molecule has 8 aromatic carbocycles. The fraction of sp³-hybridized carbons (Fsp3) is 0. The molecule has 0 atom stereocenters. The summed E-state index contributed by atoms with van der Waals surface area (Å²) in [7, 11) is 0. The van der Waals surface area contributed by atoms with E-state index in [1.165, 1.54) is 16.3 Å². The third-order valence-corrected chi connectivity index (χ3v) is 9.47. The summed E-state index contributed by atoms with van der Waals surface area (Å²) in [5.41, 5.74) is 6.75. The third kappa shape index (κ3) is 4.65. The minimum absolute atomic E-state index is 0.606. The number of aromatic nitrogens is 3. The molecule has 0 unspecified atom stereocenters. The van der Waals surface area contributed by atoms with Crippen LogP contribution in [0.1, 0.15) is 0 Å². The van der Waals surface area contributed by atoms with Crippen molar-refractivity contribution in [1.29, 1.82) is 0 Å². The van der Waals surface area contributed by atoms with Gasteiger partial charge in [0.05, 0.1) is 0 Å². The monoisotopic (exact) mass is 625 g/mol. The molecule has 0 bridgehead atoms. The Morgan fingerprint density at radius 2 is 0.898 bits per heavy atom. The van der Waals surface area contributed by atoms with E-state index in [4.69, 9.17) is 19.4 Å². The van der Waals surface area contributed by atoms with Crippen LogP contribution >= 0.6 is 0 Å². The largest absolute Gasteiger partial charge is 0.455 e. The highest BCUT2D eigenvalue weighted by molar-refractivity contribution is 6.22. The van der Waals surface area contributed by atoms with Gasteiger partial charge in [0.25, 0.3) is 0 Å². The number of nitrogens with zero attached hydrogens (tertiary/aromatic N) is 3. The molecule has 0 aliphatic rings. The number of furan rings is 1. The quantitative estimate of drug-likeness (QED) is 0.195. The number of rotatable bonds is 4. The number of hydrogen-bond donors (Lipinski definition) is 0. The van der Waals surface area contributed by atoms with Crippen LogP contribution in [0.3, 0.4) is 0 Å². The maximum Gasteiger partial charge on any atom is 0.164 e. The summed E-state index contributed by atoms with van der Waals surface area (Å²) in [6, 6.07) is 57.0. The van der Waals surface area contributed by atoms with Gasteiger partial charge in [0.2, 0.25) is 0 Å². The maximum atomic E-state index is 6.68. The highest BCUT2D eigenvalue weighted by Crippen LogP contribution is 2.42. The van der Waals surface area contributed by atoms with Gasteiger partial charge < -0.3 is 4.42 Å². The predicted octanol–water partition coefficient (Wildman–Crippen LogP) is 11.9. The summed E-state index contributed by atoms with van der Waals surface area (Å²) < 4.78 is 6.68. The van der Waals surface area contributed by atoms with Crippen LogP contribution in [0.4, 0.5) is 0 Å². The Morgan fingerprint density at radius 3 is 1.65 bits per heavy atom. The summed E-state index contributed by atoms with van der Waals surface area (Å²) in [6.07, 6.45) is 0. The molecule has 0 fully saturated rings. The summed E-state index contributed by atoms with van der Waals surface area (Å²) in [5.74, 6) is 1.85. The first kappa shape index (κ1) is 27.5. The lowest BCUT2D eigenvalue weighted by atomic mass is 9.98. The molecular weight excluding hydrogens is 599 g/mol. The van der Waals surface area contributed by atoms with Gasteiger partial charge in [-0.2, -0.15) is 0 Å². The predicted molar refractivity (Wildman–Crippen MR) is 201 cm³/mol. The SMILES string of the molecule is c1ccc(-c2nc(-c3ccc(-c4ccc5ccccc5c4)cc3)nc(-c3cc4ccccc4c4oc5cc6ccccc6cc5c34)n2)cc1. The zero-order chi connectivity index (χ0) is 32.3. The van der Waals surface area contributed by atoms with Crippen molar-refractivity contribution in [3.63, 3.8) is 0 Å². The fourth-order valence-electron chi connectivity index (χ4n) is 7.00. The van der Waals surface area contributed by atoms with Gasteiger partial charge in [-0.15, -0.1) is 0 Å². The smallest absolute Gasteiger partial charge is 0.164 e. The van der Waals surface area contributed by atoms with E-state index >= 15 is 0 Å². The van der Waals surface area contributed by atoms with E-state index in [0.29, 0.717) is 17.5 Å². The molecule has 0 radical (unpaired) electrons. The first-order valence-electron chi connectivity index (χ1n) is 16.4. The normalized spacial score (nSPS) is 11.7. The van der Waals surface area contributed by atoms with Crippen LogP contribution in [-0.4, -0.2) is 15.0 Å². The van der Waals surface area contributed by atoms with Crippen LogP contribution in [0.5, 0.6) is 0 Å². The number of fused-ring (bicyclic) bond motifs is 7. The van der Waals surface area contributed by atoms with E-state index in [-0.39, 0.29) is 0 Å². The summed E-state index contributed by atoms with van der Waals surface area (Å²) in [4.78, 5) is 15.4. The van der Waals surface area contributed by atoms with Crippen LogP contribution < -0.4 is 0 Å². The minimum atomic E-state index is 0.606. The molecule has 4 heteroatoms. The highest BCUT2D eigenvalue weighted by Gasteiger charge is 2.21. The Balaban J connectivity index is 1.19. The average molecular weight is 626 g/mol. The lowest BCUT2D eigenvalue weighted by Crippen LogP contribution is -2.00. The van der Waals surface area contributed by atoms with Crippen molar-refractivity contribution >= 4 is 54.3 Å². The molecule has 0 aliphatic heterocycles. The van der Waals surface area contributed by atoms with Crippen molar-refractivity contribution in [1.82, 2.24) is 15.0 Å². The Bertz CT molecular complexity index is 2870. The molecule has 10 aromatic rings. The summed E-state index contributed by atoms with van der Waals surface area (Å²) in [5, 5.41) is 8.92. The average Bonchev–Trinajstić information content (AvgIpc) is 3.55. The fourth-order valence-corrected chi connectivity index (χ4v) is 7.00. The van der Waals surface area contributed by atoms with Gasteiger partial charge in [-0.1, -0.05) is 140 Å². The van der Waals surface area contributed by atoms with Crippen molar-refractivity contribution < 1.29 is 4.42 Å². The summed E-state index contributed by atoms with van der Waals surface area (Å²) >= 11 is 0. The first-order chi connectivity index (χ1) is 24.2. The van der Waals surface area contributed by atoms with E-state index in [0.717, 1.165) is 65.7 Å². The number of benzene rings is 8. The first-order valence-corrected chi connectivity index (χ1v) is 16.4. The van der Waals surface area contributed by atoms with E-state index in [1.54, 1.807) is 0 Å². The van der Waals surface area contributed by atoms with E-state index in [9.17, 15) is 0 Å². The second-order valence-electron chi connectivity index (χ2n) is 12.5. The standard InChI is InChI=1S/C45H27N3O/c1-2-11-30(12-3-1)43-46-44(31-21-18-29(19-22-31)35-23-20-28-10-4-5-13-32(28)24-35)48-45(47-43)39-26-36-16-8-9-17-37(36)42-41(39)38-25-33-14-6-7-15-34(33)27-40(38)49-42/h1-27H. The van der Waals surface area contributed by atoms with Crippen LogP contribution in [0, 0.1) is 0 Å². The van der Waals surface area contributed by atoms with E-state index in [2.05, 4.69) is 133 Å². The molecular formula is C45H27N3O. The Kier molecular flexibility index (Phi) is 6.15. The van der Waals surface area contributed by atoms with Crippen molar-refractivity contribution in [3.05, 3.63) is 164 Å². The lowest BCUT2D eigenvalue weighted by molar-refractivity contribution is 0.673. The molecule has 2 heterocycles. The van der Waals surface area contributed by atoms with Crippen molar-refractivity contribution in [2.45, 2.75) is 0 Å². The van der Waals surface area contributed by atoms with Crippen LogP contribution in [0.2, 0.25) is 0 Å². The number of hydrogen-bond acceptors (Lipinski definition) is 4. The second-order valence-corrected chi connectivity index (χ2v) is 12.5. The van der Waals surface area contributed by atoms with E-state index in [1.807, 2.05) is 30.3 Å². The molecule has 2 aromatic heterocycles. The zero-order valence-corrected chi connectivity index (χ0v) is 26.3. The molecule has 0 spiro atoms. The lowest BCUT2D eigenvalue weighted by Gasteiger charge is -2.11. The maximum absolute atomic E-state index is 6.68. The zero-order valence-electron chi connectivity index (χ0n) is 26.3. The van der Waals surface area contributed by atoms with Crippen molar-refractivity contribution in [2.75, 3.05) is 0 Å². The van der Waals surface area contributed by atoms with Crippen LogP contribution in [0.15, 0.2) is 168 Å². The molecule has 0 saturated carbocycles. The molecule has 0 amide bonds. The Hall–Kier alpha value is -6.65. The van der Waals surface area contributed by atoms with Gasteiger partial charge in [-0.3, -0.25) is 0 Å². The van der Waals surface area contributed by atoms with Crippen LogP contribution in [0.25, 0.3) is 99.5 Å². The van der Waals surface area contributed by atoms with Gasteiger partial charge in [-0.25, -0.2) is 15.0 Å². The highest BCUT2D eigenvalue weighted by atomic mass is 16.3. The van der Waals surface area contributed by atoms with Crippen LogP contribution in [-0.2, 0) is 0 Å². The van der Waals surface area contributed by atoms with Gasteiger partial charge >= 0.3 is 0 Å². The minimum Gasteiger partial charge on any atom is -0.455 e. The van der Waals surface area contributed by atoms with Gasteiger partial charge in [0.15, 0.2) is 17.5 Å². The Labute approximate surface area is 282 Å². The third-order valence-electron chi connectivity index (χ3n) is 9.47. The molecule has 228 valence electrons. The molecule has 0 saturated heterocycles. The molecule has 4 nitrogen and oxygen atoms in total. The molecule has 49 heavy (non-hydrogen) atoms. The topological polar surface area (TPSA) is 51.8 Å². The second kappa shape index (κ2) is 11.0. The van der Waals surface area contributed by atoms with E-state index < -0.39 is 0 Å². The van der Waals surface area contributed by atoms with Crippen molar-refractivity contribution in [2.24, 2.45) is 0 Å². The molecule has 0 aliphatic carbocycles.